The summed E-state index contributed by atoms with van der Waals surface area (Å²) in [6.45, 7) is -1.59. The molecule has 0 unspecified atom stereocenters. The Balaban J connectivity index is 2.43. The molecule has 0 fully saturated rings. The number of carbonyl (C=O) groups is 1. The third-order valence-corrected chi connectivity index (χ3v) is 1.72. The van der Waals surface area contributed by atoms with Gasteiger partial charge in [0.25, 0.3) is 0 Å². The van der Waals surface area contributed by atoms with Gasteiger partial charge in [0, 0.05) is 6.20 Å². The van der Waals surface area contributed by atoms with E-state index in [0.717, 1.165) is 4.68 Å². The van der Waals surface area contributed by atoms with E-state index in [1.165, 1.54) is 6.20 Å². The molecule has 1 heterocycles. The van der Waals surface area contributed by atoms with E-state index in [0.29, 0.717) is 0 Å². The topological polar surface area (TPSA) is 90.4 Å². The van der Waals surface area contributed by atoms with Gasteiger partial charge in [-0.25, -0.2) is 4.79 Å². The molecule has 0 aliphatic rings. The first kappa shape index (κ1) is 13.3. The molecule has 9 heteroatoms. The molecule has 0 radical (unpaired) electrons. The van der Waals surface area contributed by atoms with Crippen molar-refractivity contribution in [2.75, 3.05) is 18.9 Å². The van der Waals surface area contributed by atoms with Crippen molar-refractivity contribution in [3.63, 3.8) is 0 Å². The Bertz CT molecular complexity index is 402. The maximum Gasteiger partial charge on any atom is 0.411 e. The maximum absolute atomic E-state index is 11.7. The Morgan fingerprint density at radius 3 is 2.71 bits per heavy atom. The molecular formula is C8H10F3N3O3. The van der Waals surface area contributed by atoms with E-state index in [1.807, 2.05) is 0 Å². The van der Waals surface area contributed by atoms with Gasteiger partial charge in [0.05, 0.1) is 18.8 Å². The van der Waals surface area contributed by atoms with Crippen molar-refractivity contribution in [2.45, 2.75) is 12.7 Å². The van der Waals surface area contributed by atoms with Gasteiger partial charge in [0.15, 0.2) is 5.69 Å². The number of halogens is 3. The van der Waals surface area contributed by atoms with Crippen molar-refractivity contribution in [1.29, 1.82) is 0 Å². The first-order valence-electron chi connectivity index (χ1n) is 4.50. The van der Waals surface area contributed by atoms with E-state index in [-0.39, 0.29) is 24.5 Å². The van der Waals surface area contributed by atoms with Crippen molar-refractivity contribution < 1.29 is 27.8 Å². The number of aromatic carboxylic acids is 1. The SMILES string of the molecule is Nc1cn(CCOCC(F)(F)F)nc1C(=O)O. The summed E-state index contributed by atoms with van der Waals surface area (Å²) >= 11 is 0. The molecule has 0 bridgehead atoms. The van der Waals surface area contributed by atoms with Crippen LogP contribution in [0.5, 0.6) is 0 Å². The number of carboxylic acids is 1. The monoisotopic (exact) mass is 253 g/mol. The number of rotatable bonds is 5. The van der Waals surface area contributed by atoms with Crippen molar-refractivity contribution in [1.82, 2.24) is 9.78 Å². The minimum Gasteiger partial charge on any atom is -0.476 e. The zero-order valence-corrected chi connectivity index (χ0v) is 8.57. The summed E-state index contributed by atoms with van der Waals surface area (Å²) < 4.78 is 40.6. The highest BCUT2D eigenvalue weighted by Crippen LogP contribution is 2.14. The third-order valence-electron chi connectivity index (χ3n) is 1.72. The Hall–Kier alpha value is -1.77. The fourth-order valence-corrected chi connectivity index (χ4v) is 1.06. The second-order valence-corrected chi connectivity index (χ2v) is 3.17. The zero-order valence-electron chi connectivity index (χ0n) is 8.57. The van der Waals surface area contributed by atoms with Crippen molar-refractivity contribution in [3.05, 3.63) is 11.9 Å². The van der Waals surface area contributed by atoms with Gasteiger partial charge in [-0.2, -0.15) is 18.3 Å². The Kier molecular flexibility index (Phi) is 3.94. The molecular weight excluding hydrogens is 243 g/mol. The van der Waals surface area contributed by atoms with Gasteiger partial charge in [0.1, 0.15) is 6.61 Å². The van der Waals surface area contributed by atoms with Crippen molar-refractivity contribution in [3.8, 4) is 0 Å². The second-order valence-electron chi connectivity index (χ2n) is 3.17. The molecule has 0 aromatic carbocycles. The number of hydrogen-bond acceptors (Lipinski definition) is 4. The van der Waals surface area contributed by atoms with Gasteiger partial charge >= 0.3 is 12.1 Å². The zero-order chi connectivity index (χ0) is 13.1. The third kappa shape index (κ3) is 4.31. The van der Waals surface area contributed by atoms with E-state index in [2.05, 4.69) is 9.84 Å². The van der Waals surface area contributed by atoms with Gasteiger partial charge in [-0.3, -0.25) is 4.68 Å². The lowest BCUT2D eigenvalue weighted by Crippen LogP contribution is -2.19. The Morgan fingerprint density at radius 2 is 2.24 bits per heavy atom. The number of alkyl halides is 3. The maximum atomic E-state index is 11.7. The van der Waals surface area contributed by atoms with Crippen molar-refractivity contribution >= 4 is 11.7 Å². The van der Waals surface area contributed by atoms with Gasteiger partial charge in [-0.1, -0.05) is 0 Å². The van der Waals surface area contributed by atoms with Crippen LogP contribution in [0, 0.1) is 0 Å². The number of ether oxygens (including phenoxy) is 1. The molecule has 3 N–H and O–H groups in total. The molecule has 1 rings (SSSR count). The first-order chi connectivity index (χ1) is 7.79. The molecule has 0 amide bonds. The minimum absolute atomic E-state index is 0.00639. The number of carboxylic acid groups (broad SMARTS) is 1. The summed E-state index contributed by atoms with van der Waals surface area (Å²) in [7, 11) is 0. The molecule has 0 spiro atoms. The van der Waals surface area contributed by atoms with Crippen LogP contribution < -0.4 is 5.73 Å². The summed E-state index contributed by atoms with van der Waals surface area (Å²) in [4.78, 5) is 10.6. The average molecular weight is 253 g/mol. The molecule has 0 saturated heterocycles. The number of hydrogen-bond donors (Lipinski definition) is 2. The minimum atomic E-state index is -4.38. The summed E-state index contributed by atoms with van der Waals surface area (Å²) in [5.74, 6) is -1.29. The molecule has 0 atom stereocenters. The molecule has 1 aromatic heterocycles. The smallest absolute Gasteiger partial charge is 0.411 e. The van der Waals surface area contributed by atoms with Crippen molar-refractivity contribution in [2.24, 2.45) is 0 Å². The molecule has 0 saturated carbocycles. The van der Waals surface area contributed by atoms with Crippen LogP contribution in [0.1, 0.15) is 10.5 Å². The lowest BCUT2D eigenvalue weighted by atomic mass is 10.4. The summed E-state index contributed by atoms with van der Waals surface area (Å²) in [6, 6.07) is 0. The molecule has 96 valence electrons. The standard InChI is InChI=1S/C8H10F3N3O3/c9-8(10,11)4-17-2-1-14-3-5(12)6(13-14)7(15)16/h3H,1-2,4,12H2,(H,15,16). The quantitative estimate of drug-likeness (QED) is 0.755. The highest BCUT2D eigenvalue weighted by Gasteiger charge is 2.27. The van der Waals surface area contributed by atoms with Crippen LogP contribution in [0.3, 0.4) is 0 Å². The predicted octanol–water partition coefficient (Wildman–Crippen LogP) is 0.742. The fourth-order valence-electron chi connectivity index (χ4n) is 1.06. The number of nitrogen functional groups attached to an aromatic ring is 1. The summed E-state index contributed by atoms with van der Waals surface area (Å²) in [5.41, 5.74) is 4.95. The Morgan fingerprint density at radius 1 is 1.59 bits per heavy atom. The van der Waals surface area contributed by atoms with Gasteiger partial charge in [-0.05, 0) is 0 Å². The highest BCUT2D eigenvalue weighted by molar-refractivity contribution is 5.91. The van der Waals surface area contributed by atoms with Gasteiger partial charge in [-0.15, -0.1) is 0 Å². The van der Waals surface area contributed by atoms with Gasteiger partial charge < -0.3 is 15.6 Å². The Labute approximate surface area is 93.8 Å². The summed E-state index contributed by atoms with van der Waals surface area (Å²) in [5, 5.41) is 12.2. The van der Waals surface area contributed by atoms with E-state index in [9.17, 15) is 18.0 Å². The second kappa shape index (κ2) is 5.04. The van der Waals surface area contributed by atoms with Gasteiger partial charge in [0.2, 0.25) is 0 Å². The van der Waals surface area contributed by atoms with Crippen LogP contribution >= 0.6 is 0 Å². The number of anilines is 1. The number of aromatic nitrogens is 2. The fraction of sp³-hybridized carbons (Fsp3) is 0.500. The summed E-state index contributed by atoms with van der Waals surface area (Å²) in [6.07, 6.45) is -3.16. The number of nitrogens with zero attached hydrogens (tertiary/aromatic N) is 2. The first-order valence-corrected chi connectivity index (χ1v) is 4.50. The molecule has 17 heavy (non-hydrogen) atoms. The number of nitrogens with two attached hydrogens (primary N) is 1. The average Bonchev–Trinajstić information content (AvgIpc) is 2.53. The van der Waals surface area contributed by atoms with Crippen LogP contribution in [-0.2, 0) is 11.3 Å². The van der Waals surface area contributed by atoms with Crippen LogP contribution in [0.15, 0.2) is 6.20 Å². The van der Waals surface area contributed by atoms with Crippen LogP contribution in [0.25, 0.3) is 0 Å². The molecule has 0 aliphatic carbocycles. The molecule has 0 aliphatic heterocycles. The normalized spacial score (nSPS) is 11.7. The molecule has 6 nitrogen and oxygen atoms in total. The molecule has 1 aromatic rings. The van der Waals surface area contributed by atoms with E-state index < -0.39 is 18.8 Å². The van der Waals surface area contributed by atoms with Crippen LogP contribution in [0.2, 0.25) is 0 Å². The lowest BCUT2D eigenvalue weighted by molar-refractivity contribution is -0.174. The van der Waals surface area contributed by atoms with Crippen LogP contribution in [-0.4, -0.2) is 40.2 Å². The highest BCUT2D eigenvalue weighted by atomic mass is 19.4. The van der Waals surface area contributed by atoms with Crippen LogP contribution in [0.4, 0.5) is 18.9 Å². The van der Waals surface area contributed by atoms with E-state index in [1.54, 1.807) is 0 Å². The van der Waals surface area contributed by atoms with E-state index in [4.69, 9.17) is 10.8 Å². The lowest BCUT2D eigenvalue weighted by Gasteiger charge is -2.07. The predicted molar refractivity (Wildman–Crippen MR) is 50.5 cm³/mol. The van der Waals surface area contributed by atoms with E-state index >= 15 is 0 Å². The largest absolute Gasteiger partial charge is 0.476 e.